The highest BCUT2D eigenvalue weighted by atomic mass is 32.2. The van der Waals surface area contributed by atoms with E-state index in [4.69, 9.17) is 9.88 Å². The van der Waals surface area contributed by atoms with Crippen molar-refractivity contribution in [3.63, 3.8) is 0 Å². The summed E-state index contributed by atoms with van der Waals surface area (Å²) in [5.41, 5.74) is 3.59. The van der Waals surface area contributed by atoms with Crippen LogP contribution >= 0.6 is 0 Å². The maximum Gasteiger partial charge on any atom is 0.292 e. The zero-order valence-corrected chi connectivity index (χ0v) is 18.3. The molecular weight excluding hydrogens is 440 g/mol. The first kappa shape index (κ1) is 20.0. The average molecular weight is 461 g/mol. The van der Waals surface area contributed by atoms with Crippen molar-refractivity contribution in [2.45, 2.75) is 30.1 Å². The number of hydrogen-bond donors (Lipinski definition) is 2. The van der Waals surface area contributed by atoms with E-state index in [0.717, 1.165) is 40.4 Å². The van der Waals surface area contributed by atoms with Gasteiger partial charge in [0.15, 0.2) is 0 Å². The molecule has 0 aromatic heterocycles. The quantitative estimate of drug-likeness (QED) is 0.595. The number of ether oxygens (including phenoxy) is 1. The van der Waals surface area contributed by atoms with Crippen LogP contribution in [0.25, 0.3) is 10.8 Å². The van der Waals surface area contributed by atoms with Crippen LogP contribution in [0.4, 0.5) is 5.69 Å². The number of rotatable bonds is 2. The number of amides is 1. The van der Waals surface area contributed by atoms with Gasteiger partial charge >= 0.3 is 0 Å². The van der Waals surface area contributed by atoms with Gasteiger partial charge in [-0.05, 0) is 65.9 Å². The van der Waals surface area contributed by atoms with Crippen LogP contribution < -0.4 is 14.8 Å². The molecule has 3 aromatic rings. The van der Waals surface area contributed by atoms with Crippen LogP contribution in [-0.2, 0) is 14.8 Å². The van der Waals surface area contributed by atoms with Crippen LogP contribution in [0.1, 0.15) is 30.7 Å². The van der Waals surface area contributed by atoms with E-state index in [-0.39, 0.29) is 22.3 Å². The fraction of sp³-hybridized carbons (Fsp3) is 0.160. The molecule has 3 aromatic carbocycles. The predicted octanol–water partition coefficient (Wildman–Crippen LogP) is 4.22. The smallest absolute Gasteiger partial charge is 0.292 e. The maximum absolute atomic E-state index is 13.8. The number of aliphatic hydroxyl groups is 1. The number of carbonyl (C=O) groups is 1. The Morgan fingerprint density at radius 1 is 1.00 bits per heavy atom. The standard InChI is InChI=1S/C25H20N2O5S/c26-33(30,31)16-11-9-15(10-12-16)27-19-7-3-6-18(19)22-21-17-5-2-1-4-14(17)8-13-20(21)32-25(29)23(22)24(27)28/h1-2,4-5,8-13,22,29H,3,6-7H2,(H2,26,30,31). The number of fused-ring (bicyclic) bond motifs is 6. The van der Waals surface area contributed by atoms with Crippen molar-refractivity contribution in [1.82, 2.24) is 0 Å². The lowest BCUT2D eigenvalue weighted by molar-refractivity contribution is -0.115. The molecular formula is C25H20N2O5S. The second-order valence-corrected chi connectivity index (χ2v) is 10.0. The minimum Gasteiger partial charge on any atom is -0.480 e. The largest absolute Gasteiger partial charge is 0.480 e. The molecule has 166 valence electrons. The Bertz CT molecular complexity index is 1520. The molecule has 1 unspecified atom stereocenters. The molecule has 1 aliphatic carbocycles. The van der Waals surface area contributed by atoms with Crippen LogP contribution in [0.3, 0.4) is 0 Å². The second kappa shape index (κ2) is 6.94. The summed E-state index contributed by atoms with van der Waals surface area (Å²) in [5.74, 6) is -0.597. The zero-order chi connectivity index (χ0) is 22.9. The van der Waals surface area contributed by atoms with Crippen LogP contribution in [0.15, 0.2) is 88.3 Å². The summed E-state index contributed by atoms with van der Waals surface area (Å²) in [6.45, 7) is 0. The lowest BCUT2D eigenvalue weighted by Crippen LogP contribution is -2.40. The molecule has 2 aliphatic heterocycles. The molecule has 3 aliphatic rings. The van der Waals surface area contributed by atoms with Gasteiger partial charge in [-0.15, -0.1) is 0 Å². The molecule has 33 heavy (non-hydrogen) atoms. The van der Waals surface area contributed by atoms with Gasteiger partial charge in [-0.2, -0.15) is 0 Å². The molecule has 7 nitrogen and oxygen atoms in total. The van der Waals surface area contributed by atoms with Crippen LogP contribution in [0, 0.1) is 0 Å². The van der Waals surface area contributed by atoms with Crippen molar-refractivity contribution in [3.05, 3.63) is 89.0 Å². The summed E-state index contributed by atoms with van der Waals surface area (Å²) < 4.78 is 29.1. The van der Waals surface area contributed by atoms with E-state index in [2.05, 4.69) is 0 Å². The summed E-state index contributed by atoms with van der Waals surface area (Å²) in [6, 6.07) is 17.6. The normalized spacial score (nSPS) is 20.0. The fourth-order valence-electron chi connectivity index (χ4n) is 5.27. The first-order valence-corrected chi connectivity index (χ1v) is 12.2. The Hall–Kier alpha value is -3.62. The van der Waals surface area contributed by atoms with Crippen molar-refractivity contribution in [1.29, 1.82) is 0 Å². The van der Waals surface area contributed by atoms with Gasteiger partial charge in [0.1, 0.15) is 11.3 Å². The summed E-state index contributed by atoms with van der Waals surface area (Å²) >= 11 is 0. The molecule has 0 spiro atoms. The van der Waals surface area contributed by atoms with Crippen molar-refractivity contribution in [2.24, 2.45) is 5.14 Å². The Kier molecular flexibility index (Phi) is 4.21. The lowest BCUT2D eigenvalue weighted by atomic mass is 9.77. The van der Waals surface area contributed by atoms with Gasteiger partial charge in [0.25, 0.3) is 11.9 Å². The third kappa shape index (κ3) is 2.91. The number of aliphatic hydroxyl groups excluding tert-OH is 1. The summed E-state index contributed by atoms with van der Waals surface area (Å²) in [7, 11) is -3.85. The van der Waals surface area contributed by atoms with Crippen molar-refractivity contribution in [2.75, 3.05) is 4.90 Å². The third-order valence-corrected chi connectivity index (χ3v) is 7.58. The maximum atomic E-state index is 13.8. The van der Waals surface area contributed by atoms with Gasteiger partial charge < -0.3 is 9.84 Å². The minimum atomic E-state index is -3.85. The van der Waals surface area contributed by atoms with Crippen molar-refractivity contribution >= 4 is 32.4 Å². The molecule has 1 atom stereocenters. The summed E-state index contributed by atoms with van der Waals surface area (Å²) in [5, 5.41) is 18.1. The number of hydrogen-bond acceptors (Lipinski definition) is 5. The van der Waals surface area contributed by atoms with Crippen LogP contribution in [0.5, 0.6) is 5.75 Å². The van der Waals surface area contributed by atoms with E-state index in [1.54, 1.807) is 17.0 Å². The number of carbonyl (C=O) groups excluding carboxylic acids is 1. The molecule has 0 fully saturated rings. The van der Waals surface area contributed by atoms with E-state index in [9.17, 15) is 18.3 Å². The topological polar surface area (TPSA) is 110 Å². The van der Waals surface area contributed by atoms with E-state index < -0.39 is 16.0 Å². The molecule has 1 amide bonds. The minimum absolute atomic E-state index is 0.0299. The molecule has 8 heteroatoms. The first-order valence-electron chi connectivity index (χ1n) is 10.7. The highest BCUT2D eigenvalue weighted by Crippen LogP contribution is 2.54. The monoisotopic (exact) mass is 460 g/mol. The Morgan fingerprint density at radius 2 is 1.76 bits per heavy atom. The Morgan fingerprint density at radius 3 is 2.52 bits per heavy atom. The molecule has 0 saturated heterocycles. The van der Waals surface area contributed by atoms with Gasteiger partial charge in [0, 0.05) is 22.9 Å². The molecule has 0 radical (unpaired) electrons. The van der Waals surface area contributed by atoms with Crippen molar-refractivity contribution in [3.8, 4) is 5.75 Å². The summed E-state index contributed by atoms with van der Waals surface area (Å²) in [4.78, 5) is 15.3. The number of nitrogens with zero attached hydrogens (tertiary/aromatic N) is 1. The van der Waals surface area contributed by atoms with E-state index in [1.165, 1.54) is 12.1 Å². The predicted molar refractivity (Wildman–Crippen MR) is 123 cm³/mol. The average Bonchev–Trinajstić information content (AvgIpc) is 3.27. The zero-order valence-electron chi connectivity index (χ0n) is 17.5. The number of sulfonamides is 1. The molecule has 0 bridgehead atoms. The van der Waals surface area contributed by atoms with Crippen LogP contribution in [0.2, 0.25) is 0 Å². The molecule has 3 N–H and O–H groups in total. The number of primary sulfonamides is 1. The number of nitrogens with two attached hydrogens (primary N) is 1. The Labute approximate surface area is 190 Å². The Balaban J connectivity index is 1.57. The number of benzene rings is 3. The van der Waals surface area contributed by atoms with Gasteiger partial charge in [-0.25, -0.2) is 13.6 Å². The number of allylic oxidation sites excluding steroid dienone is 2. The third-order valence-electron chi connectivity index (χ3n) is 6.65. The second-order valence-electron chi connectivity index (χ2n) is 8.46. The number of anilines is 1. The summed E-state index contributed by atoms with van der Waals surface area (Å²) in [6.07, 6.45) is 2.39. The van der Waals surface area contributed by atoms with Crippen LogP contribution in [-0.4, -0.2) is 19.4 Å². The van der Waals surface area contributed by atoms with Gasteiger partial charge in [0.2, 0.25) is 10.0 Å². The fourth-order valence-corrected chi connectivity index (χ4v) is 5.79. The molecule has 2 heterocycles. The highest BCUT2D eigenvalue weighted by molar-refractivity contribution is 7.89. The van der Waals surface area contributed by atoms with Gasteiger partial charge in [-0.3, -0.25) is 9.69 Å². The SMILES string of the molecule is NS(=O)(=O)c1ccc(N2C(=O)C3=C(O)Oc4ccc5ccccc5c4C3C3=C2CCC3)cc1. The highest BCUT2D eigenvalue weighted by Gasteiger charge is 2.47. The van der Waals surface area contributed by atoms with E-state index >= 15 is 0 Å². The molecule has 6 rings (SSSR count). The van der Waals surface area contributed by atoms with E-state index in [0.29, 0.717) is 17.9 Å². The van der Waals surface area contributed by atoms with Gasteiger partial charge in [-0.1, -0.05) is 30.3 Å². The molecule has 0 saturated carbocycles. The van der Waals surface area contributed by atoms with Crippen molar-refractivity contribution < 1.29 is 23.1 Å². The first-order chi connectivity index (χ1) is 15.8. The van der Waals surface area contributed by atoms with E-state index in [1.807, 2.05) is 36.4 Å². The van der Waals surface area contributed by atoms with Gasteiger partial charge in [0.05, 0.1) is 4.90 Å². The lowest BCUT2D eigenvalue weighted by Gasteiger charge is -2.38.